The van der Waals surface area contributed by atoms with E-state index in [0.29, 0.717) is 11.8 Å². The van der Waals surface area contributed by atoms with Gasteiger partial charge in [0.2, 0.25) is 0 Å². The summed E-state index contributed by atoms with van der Waals surface area (Å²) >= 11 is 0. The molecule has 0 bridgehead atoms. The van der Waals surface area contributed by atoms with Crippen molar-refractivity contribution in [3.05, 3.63) is 11.8 Å². The number of anilines is 1. The first kappa shape index (κ1) is 9.10. The molecule has 0 aliphatic heterocycles. The lowest BCUT2D eigenvalue weighted by Gasteiger charge is -2.11. The Balaban J connectivity index is 2.89. The fourth-order valence-electron chi connectivity index (χ4n) is 1.07. The molecule has 1 heterocycles. The van der Waals surface area contributed by atoms with Crippen LogP contribution in [0, 0.1) is 5.92 Å². The van der Waals surface area contributed by atoms with Gasteiger partial charge in [0, 0.05) is 19.0 Å². The number of hydrogen-bond acceptors (Lipinski definition) is 2. The number of aryl methyl sites for hydroxylation is 1. The summed E-state index contributed by atoms with van der Waals surface area (Å²) in [5, 5.41) is 4.32. The van der Waals surface area contributed by atoms with E-state index in [2.05, 4.69) is 25.9 Å². The molecule has 1 aromatic heterocycles. The summed E-state index contributed by atoms with van der Waals surface area (Å²) in [5.74, 6) is 1.82. The van der Waals surface area contributed by atoms with Gasteiger partial charge in [-0.15, -0.1) is 0 Å². The Morgan fingerprint density at radius 1 is 1.42 bits per heavy atom. The zero-order valence-electron chi connectivity index (χ0n) is 8.20. The van der Waals surface area contributed by atoms with Crippen molar-refractivity contribution < 1.29 is 0 Å². The van der Waals surface area contributed by atoms with E-state index in [0.717, 1.165) is 11.5 Å². The highest BCUT2D eigenvalue weighted by Gasteiger charge is 2.13. The van der Waals surface area contributed by atoms with Crippen molar-refractivity contribution in [3.63, 3.8) is 0 Å². The SMILES string of the molecule is CC(C)C(C)c1cc(N)n(C)n1. The highest BCUT2D eigenvalue weighted by Crippen LogP contribution is 2.23. The minimum atomic E-state index is 0.480. The Labute approximate surface area is 73.6 Å². The van der Waals surface area contributed by atoms with E-state index in [9.17, 15) is 0 Å². The van der Waals surface area contributed by atoms with Gasteiger partial charge in [-0.2, -0.15) is 5.10 Å². The third kappa shape index (κ3) is 1.60. The minimum absolute atomic E-state index is 0.480. The van der Waals surface area contributed by atoms with Crippen LogP contribution in [0.5, 0.6) is 0 Å². The molecule has 1 aromatic rings. The molecule has 0 saturated carbocycles. The zero-order valence-corrected chi connectivity index (χ0v) is 8.20. The molecule has 0 radical (unpaired) electrons. The van der Waals surface area contributed by atoms with E-state index < -0.39 is 0 Å². The second-order valence-corrected chi connectivity index (χ2v) is 3.65. The van der Waals surface area contributed by atoms with Crippen LogP contribution in [0.25, 0.3) is 0 Å². The van der Waals surface area contributed by atoms with Gasteiger partial charge in [0.05, 0.1) is 5.69 Å². The number of aromatic nitrogens is 2. The van der Waals surface area contributed by atoms with Crippen LogP contribution in [0.15, 0.2) is 6.07 Å². The lowest BCUT2D eigenvalue weighted by molar-refractivity contribution is 0.516. The molecule has 0 spiro atoms. The summed E-state index contributed by atoms with van der Waals surface area (Å²) in [7, 11) is 1.87. The van der Waals surface area contributed by atoms with Crippen molar-refractivity contribution >= 4 is 5.82 Å². The van der Waals surface area contributed by atoms with Crippen molar-refractivity contribution in [2.24, 2.45) is 13.0 Å². The fourth-order valence-corrected chi connectivity index (χ4v) is 1.07. The van der Waals surface area contributed by atoms with Crippen molar-refractivity contribution in [2.75, 3.05) is 5.73 Å². The minimum Gasteiger partial charge on any atom is -0.384 e. The van der Waals surface area contributed by atoms with Crippen LogP contribution in [0.4, 0.5) is 5.82 Å². The van der Waals surface area contributed by atoms with Gasteiger partial charge in [-0.3, -0.25) is 4.68 Å². The maximum absolute atomic E-state index is 5.68. The molecule has 1 atom stereocenters. The Bertz CT molecular complexity index is 243. The van der Waals surface area contributed by atoms with Crippen molar-refractivity contribution in [1.82, 2.24) is 9.78 Å². The molecule has 0 saturated heterocycles. The molecule has 0 aliphatic rings. The maximum atomic E-state index is 5.68. The molecule has 3 nitrogen and oxygen atoms in total. The molecule has 68 valence electrons. The largest absolute Gasteiger partial charge is 0.384 e. The molecule has 2 N–H and O–H groups in total. The van der Waals surface area contributed by atoms with E-state index in [-0.39, 0.29) is 0 Å². The van der Waals surface area contributed by atoms with Crippen LogP contribution in [0.1, 0.15) is 32.4 Å². The van der Waals surface area contributed by atoms with E-state index in [1.807, 2.05) is 13.1 Å². The Hall–Kier alpha value is -0.990. The Morgan fingerprint density at radius 3 is 2.33 bits per heavy atom. The number of hydrogen-bond donors (Lipinski definition) is 1. The van der Waals surface area contributed by atoms with Crippen molar-refractivity contribution in [1.29, 1.82) is 0 Å². The molecule has 12 heavy (non-hydrogen) atoms. The number of nitrogen functional groups attached to an aromatic ring is 1. The van der Waals surface area contributed by atoms with E-state index >= 15 is 0 Å². The Kier molecular flexibility index (Phi) is 2.40. The van der Waals surface area contributed by atoms with Crippen LogP contribution in [-0.4, -0.2) is 9.78 Å². The zero-order chi connectivity index (χ0) is 9.30. The van der Waals surface area contributed by atoms with Gasteiger partial charge in [0.1, 0.15) is 5.82 Å². The van der Waals surface area contributed by atoms with Gasteiger partial charge in [-0.1, -0.05) is 20.8 Å². The number of nitrogens with zero attached hydrogens (tertiary/aromatic N) is 2. The smallest absolute Gasteiger partial charge is 0.121 e. The molecule has 1 unspecified atom stereocenters. The molecular formula is C9H17N3. The summed E-state index contributed by atoms with van der Waals surface area (Å²) in [6.07, 6.45) is 0. The first-order valence-corrected chi connectivity index (χ1v) is 4.31. The number of rotatable bonds is 2. The standard InChI is InChI=1S/C9H17N3/c1-6(2)7(3)8-5-9(10)12(4)11-8/h5-7H,10H2,1-4H3. The van der Waals surface area contributed by atoms with Gasteiger partial charge in [-0.25, -0.2) is 0 Å². The first-order chi connectivity index (χ1) is 5.52. The van der Waals surface area contributed by atoms with Gasteiger partial charge < -0.3 is 5.73 Å². The van der Waals surface area contributed by atoms with E-state index in [4.69, 9.17) is 5.73 Å². The van der Waals surface area contributed by atoms with Gasteiger partial charge in [0.25, 0.3) is 0 Å². The lowest BCUT2D eigenvalue weighted by atomic mass is 9.95. The average molecular weight is 167 g/mol. The monoisotopic (exact) mass is 167 g/mol. The summed E-state index contributed by atoms with van der Waals surface area (Å²) in [5.41, 5.74) is 6.77. The third-order valence-electron chi connectivity index (χ3n) is 2.40. The van der Waals surface area contributed by atoms with Crippen LogP contribution in [0.3, 0.4) is 0 Å². The quantitative estimate of drug-likeness (QED) is 0.729. The normalized spacial score (nSPS) is 13.8. The summed E-state index contributed by atoms with van der Waals surface area (Å²) in [4.78, 5) is 0. The second-order valence-electron chi connectivity index (χ2n) is 3.65. The van der Waals surface area contributed by atoms with Crippen molar-refractivity contribution in [3.8, 4) is 0 Å². The van der Waals surface area contributed by atoms with Gasteiger partial charge in [0.15, 0.2) is 0 Å². The average Bonchev–Trinajstić information content (AvgIpc) is 2.30. The maximum Gasteiger partial charge on any atom is 0.121 e. The summed E-state index contributed by atoms with van der Waals surface area (Å²) in [6, 6.07) is 1.95. The van der Waals surface area contributed by atoms with Crippen LogP contribution < -0.4 is 5.73 Å². The molecule has 0 aliphatic carbocycles. The molecule has 0 fully saturated rings. The van der Waals surface area contributed by atoms with Gasteiger partial charge in [-0.05, 0) is 5.92 Å². The molecule has 3 heteroatoms. The van der Waals surface area contributed by atoms with Crippen LogP contribution >= 0.6 is 0 Å². The highest BCUT2D eigenvalue weighted by molar-refractivity contribution is 5.31. The highest BCUT2D eigenvalue weighted by atomic mass is 15.3. The second kappa shape index (κ2) is 3.17. The molecule has 1 rings (SSSR count). The van der Waals surface area contributed by atoms with Crippen LogP contribution in [-0.2, 0) is 7.05 Å². The predicted octanol–water partition coefficient (Wildman–Crippen LogP) is 1.76. The third-order valence-corrected chi connectivity index (χ3v) is 2.40. The van der Waals surface area contributed by atoms with Crippen LogP contribution in [0.2, 0.25) is 0 Å². The van der Waals surface area contributed by atoms with Crippen molar-refractivity contribution in [2.45, 2.75) is 26.7 Å². The topological polar surface area (TPSA) is 43.8 Å². The van der Waals surface area contributed by atoms with E-state index in [1.54, 1.807) is 4.68 Å². The molecule has 0 aromatic carbocycles. The fraction of sp³-hybridized carbons (Fsp3) is 0.667. The van der Waals surface area contributed by atoms with E-state index in [1.165, 1.54) is 0 Å². The first-order valence-electron chi connectivity index (χ1n) is 4.31. The summed E-state index contributed by atoms with van der Waals surface area (Å²) in [6.45, 7) is 6.55. The Morgan fingerprint density at radius 2 is 2.00 bits per heavy atom. The number of nitrogens with two attached hydrogens (primary N) is 1. The predicted molar refractivity (Wildman–Crippen MR) is 50.9 cm³/mol. The van der Waals surface area contributed by atoms with Gasteiger partial charge >= 0.3 is 0 Å². The molecule has 0 amide bonds. The molecular weight excluding hydrogens is 150 g/mol. The lowest BCUT2D eigenvalue weighted by Crippen LogP contribution is -2.03. The summed E-state index contributed by atoms with van der Waals surface area (Å²) < 4.78 is 1.72.